The van der Waals surface area contributed by atoms with Gasteiger partial charge >= 0.3 is 0 Å². The second-order valence-corrected chi connectivity index (χ2v) is 4.81. The predicted octanol–water partition coefficient (Wildman–Crippen LogP) is 3.29. The zero-order valence-electron chi connectivity index (χ0n) is 10.3. The Hall–Kier alpha value is -1.00. The van der Waals surface area contributed by atoms with E-state index in [0.29, 0.717) is 24.5 Å². The molecule has 1 rings (SSSR count). The molecular weight excluding hydrogens is 243 g/mol. The SMILES string of the molecule is CCOC(C)(C)CNc1cc(Cl)c(F)cc1N. The third-order valence-electron chi connectivity index (χ3n) is 2.33. The number of anilines is 2. The highest BCUT2D eigenvalue weighted by atomic mass is 35.5. The van der Waals surface area contributed by atoms with Gasteiger partial charge in [-0.25, -0.2) is 4.39 Å². The van der Waals surface area contributed by atoms with Crippen LogP contribution < -0.4 is 11.1 Å². The van der Waals surface area contributed by atoms with Crippen molar-refractivity contribution < 1.29 is 9.13 Å². The lowest BCUT2D eigenvalue weighted by Crippen LogP contribution is -2.33. The number of ether oxygens (including phenoxy) is 1. The third kappa shape index (κ3) is 4.06. The molecule has 0 fully saturated rings. The van der Waals surface area contributed by atoms with Crippen molar-refractivity contribution in [1.82, 2.24) is 0 Å². The Morgan fingerprint density at radius 1 is 1.47 bits per heavy atom. The molecule has 3 N–H and O–H groups in total. The molecule has 0 spiro atoms. The van der Waals surface area contributed by atoms with Crippen LogP contribution in [-0.2, 0) is 4.74 Å². The third-order valence-corrected chi connectivity index (χ3v) is 2.62. The van der Waals surface area contributed by atoms with Gasteiger partial charge in [0, 0.05) is 19.2 Å². The highest BCUT2D eigenvalue weighted by Crippen LogP contribution is 2.26. The molecular formula is C12H18ClFN2O. The van der Waals surface area contributed by atoms with Gasteiger partial charge in [-0.1, -0.05) is 11.6 Å². The van der Waals surface area contributed by atoms with Crippen molar-refractivity contribution in [1.29, 1.82) is 0 Å². The highest BCUT2D eigenvalue weighted by molar-refractivity contribution is 6.31. The fraction of sp³-hybridized carbons (Fsp3) is 0.500. The Kier molecular flexibility index (Phi) is 4.60. The van der Waals surface area contributed by atoms with Crippen molar-refractivity contribution in [2.75, 3.05) is 24.2 Å². The Balaban J connectivity index is 2.73. The molecule has 0 aromatic heterocycles. The van der Waals surface area contributed by atoms with E-state index in [2.05, 4.69) is 5.32 Å². The van der Waals surface area contributed by atoms with E-state index in [1.54, 1.807) is 0 Å². The van der Waals surface area contributed by atoms with Crippen LogP contribution >= 0.6 is 11.6 Å². The first-order chi connectivity index (χ1) is 7.85. The minimum Gasteiger partial charge on any atom is -0.397 e. The summed E-state index contributed by atoms with van der Waals surface area (Å²) < 4.78 is 18.6. The number of nitrogens with one attached hydrogen (secondary N) is 1. The predicted molar refractivity (Wildman–Crippen MR) is 70.0 cm³/mol. The fourth-order valence-electron chi connectivity index (χ4n) is 1.47. The molecule has 0 aliphatic heterocycles. The molecule has 1 aromatic carbocycles. The lowest BCUT2D eigenvalue weighted by Gasteiger charge is -2.26. The molecule has 0 radical (unpaired) electrons. The van der Waals surface area contributed by atoms with Crippen LogP contribution in [-0.4, -0.2) is 18.8 Å². The zero-order chi connectivity index (χ0) is 13.1. The number of nitrogen functional groups attached to an aromatic ring is 1. The van der Waals surface area contributed by atoms with Crippen molar-refractivity contribution in [2.24, 2.45) is 0 Å². The second-order valence-electron chi connectivity index (χ2n) is 4.40. The zero-order valence-corrected chi connectivity index (χ0v) is 11.1. The van der Waals surface area contributed by atoms with Crippen LogP contribution in [0.1, 0.15) is 20.8 Å². The summed E-state index contributed by atoms with van der Waals surface area (Å²) in [5, 5.41) is 3.16. The average molecular weight is 261 g/mol. The van der Waals surface area contributed by atoms with E-state index < -0.39 is 5.82 Å². The first kappa shape index (κ1) is 14.1. The van der Waals surface area contributed by atoms with E-state index in [1.165, 1.54) is 12.1 Å². The smallest absolute Gasteiger partial charge is 0.143 e. The molecule has 0 aliphatic carbocycles. The summed E-state index contributed by atoms with van der Waals surface area (Å²) in [6.45, 7) is 7.06. The van der Waals surface area contributed by atoms with Crippen molar-refractivity contribution in [2.45, 2.75) is 26.4 Å². The summed E-state index contributed by atoms with van der Waals surface area (Å²) in [6.07, 6.45) is 0. The Morgan fingerprint density at radius 3 is 2.71 bits per heavy atom. The molecule has 0 amide bonds. The van der Waals surface area contributed by atoms with E-state index >= 15 is 0 Å². The molecule has 0 atom stereocenters. The van der Waals surface area contributed by atoms with E-state index in [4.69, 9.17) is 22.1 Å². The van der Waals surface area contributed by atoms with Crippen molar-refractivity contribution >= 4 is 23.0 Å². The maximum atomic E-state index is 13.1. The van der Waals surface area contributed by atoms with Crippen LogP contribution in [0.5, 0.6) is 0 Å². The molecule has 0 heterocycles. The summed E-state index contributed by atoms with van der Waals surface area (Å²) in [4.78, 5) is 0. The van der Waals surface area contributed by atoms with E-state index in [9.17, 15) is 4.39 Å². The lowest BCUT2D eigenvalue weighted by molar-refractivity contribution is 0.000710. The van der Waals surface area contributed by atoms with Gasteiger partial charge in [0.05, 0.1) is 22.0 Å². The minimum atomic E-state index is -0.515. The first-order valence-electron chi connectivity index (χ1n) is 5.48. The van der Waals surface area contributed by atoms with E-state index in [1.807, 2.05) is 20.8 Å². The number of halogens is 2. The van der Waals surface area contributed by atoms with Crippen LogP contribution in [0.25, 0.3) is 0 Å². The van der Waals surface area contributed by atoms with Crippen molar-refractivity contribution in [3.63, 3.8) is 0 Å². The molecule has 17 heavy (non-hydrogen) atoms. The summed E-state index contributed by atoms with van der Waals surface area (Å²) >= 11 is 5.70. The molecule has 0 bridgehead atoms. The number of hydrogen-bond donors (Lipinski definition) is 2. The van der Waals surface area contributed by atoms with Gasteiger partial charge < -0.3 is 15.8 Å². The first-order valence-corrected chi connectivity index (χ1v) is 5.86. The molecule has 3 nitrogen and oxygen atoms in total. The van der Waals surface area contributed by atoms with Gasteiger partial charge in [0.25, 0.3) is 0 Å². The van der Waals surface area contributed by atoms with E-state index in [-0.39, 0.29) is 10.6 Å². The molecule has 5 heteroatoms. The molecule has 0 unspecified atom stereocenters. The number of rotatable bonds is 5. The Bertz CT molecular complexity index is 396. The summed E-state index contributed by atoms with van der Waals surface area (Å²) in [7, 11) is 0. The largest absolute Gasteiger partial charge is 0.397 e. The Morgan fingerprint density at radius 2 is 2.12 bits per heavy atom. The normalized spacial score (nSPS) is 11.6. The van der Waals surface area contributed by atoms with Crippen molar-refractivity contribution in [3.8, 4) is 0 Å². The monoisotopic (exact) mass is 260 g/mol. The molecule has 0 aliphatic rings. The van der Waals surface area contributed by atoms with Crippen LogP contribution in [0.2, 0.25) is 5.02 Å². The fourth-order valence-corrected chi connectivity index (χ4v) is 1.63. The lowest BCUT2D eigenvalue weighted by atomic mass is 10.1. The maximum absolute atomic E-state index is 13.1. The average Bonchev–Trinajstić information content (AvgIpc) is 2.21. The molecule has 96 valence electrons. The Labute approximate surface area is 106 Å². The molecule has 0 saturated carbocycles. The second kappa shape index (κ2) is 5.56. The van der Waals surface area contributed by atoms with Gasteiger partial charge in [-0.05, 0) is 26.8 Å². The standard InChI is InChI=1S/C12H18ClFN2O/c1-4-17-12(2,3)7-16-11-5-8(13)9(14)6-10(11)15/h5-6,16H,4,7,15H2,1-3H3. The highest BCUT2D eigenvalue weighted by Gasteiger charge is 2.18. The van der Waals surface area contributed by atoms with E-state index in [0.717, 1.165) is 0 Å². The van der Waals surface area contributed by atoms with Crippen molar-refractivity contribution in [3.05, 3.63) is 23.0 Å². The summed E-state index contributed by atoms with van der Waals surface area (Å²) in [5.41, 5.74) is 6.32. The molecule has 0 saturated heterocycles. The quantitative estimate of drug-likeness (QED) is 0.799. The number of hydrogen-bond acceptors (Lipinski definition) is 3. The van der Waals surface area contributed by atoms with Gasteiger partial charge in [0.2, 0.25) is 0 Å². The van der Waals surface area contributed by atoms with Crippen LogP contribution in [0.4, 0.5) is 15.8 Å². The topological polar surface area (TPSA) is 47.3 Å². The number of benzene rings is 1. The molecule has 1 aromatic rings. The van der Waals surface area contributed by atoms with Gasteiger partial charge in [0.15, 0.2) is 0 Å². The summed E-state index contributed by atoms with van der Waals surface area (Å²) in [6, 6.07) is 2.69. The van der Waals surface area contributed by atoms with Crippen LogP contribution in [0.15, 0.2) is 12.1 Å². The summed E-state index contributed by atoms with van der Waals surface area (Å²) in [5.74, 6) is -0.515. The maximum Gasteiger partial charge on any atom is 0.143 e. The van der Waals surface area contributed by atoms with Crippen LogP contribution in [0.3, 0.4) is 0 Å². The number of nitrogens with two attached hydrogens (primary N) is 1. The van der Waals surface area contributed by atoms with Gasteiger partial charge in [-0.3, -0.25) is 0 Å². The van der Waals surface area contributed by atoms with Gasteiger partial charge in [0.1, 0.15) is 5.82 Å². The van der Waals surface area contributed by atoms with Crippen LogP contribution in [0, 0.1) is 5.82 Å². The minimum absolute atomic E-state index is 0.0518. The van der Waals surface area contributed by atoms with Gasteiger partial charge in [-0.15, -0.1) is 0 Å². The van der Waals surface area contributed by atoms with Gasteiger partial charge in [-0.2, -0.15) is 0 Å².